The van der Waals surface area contributed by atoms with Gasteiger partial charge in [0.2, 0.25) is 0 Å². The Morgan fingerprint density at radius 2 is 1.78 bits per heavy atom. The fourth-order valence-electron chi connectivity index (χ4n) is 14.5. The van der Waals surface area contributed by atoms with Crippen molar-refractivity contribution in [2.45, 2.75) is 144 Å². The Balaban J connectivity index is 1.16. The highest BCUT2D eigenvalue weighted by molar-refractivity contribution is 8.77. The maximum Gasteiger partial charge on any atom is 0.141 e. The number of carbonyl (C=O) groups is 1. The van der Waals surface area contributed by atoms with E-state index in [2.05, 4.69) is 65.0 Å². The Morgan fingerprint density at radius 1 is 0.957 bits per heavy atom. The molecule has 2 spiro atoms. The van der Waals surface area contributed by atoms with Crippen LogP contribution in [0, 0.1) is 45.8 Å². The number of aliphatic hydroxyl groups is 2. The number of hydrogen-bond donors (Lipinski definition) is 3. The van der Waals surface area contributed by atoms with Crippen molar-refractivity contribution in [3.8, 4) is 0 Å². The number of methoxy groups -OCH3 is 1. The molecular weight excluding hydrogens is 611 g/mol. The number of benzene rings is 1. The van der Waals surface area contributed by atoms with Gasteiger partial charge in [0.25, 0.3) is 0 Å². The Labute approximate surface area is 283 Å². The molecule has 13 atom stereocenters. The van der Waals surface area contributed by atoms with Crippen LogP contribution in [0.3, 0.4) is 0 Å². The van der Waals surface area contributed by atoms with Gasteiger partial charge in [-0.05, 0) is 123 Å². The summed E-state index contributed by atoms with van der Waals surface area (Å²) in [5, 5.41) is 28.3. The molecule has 0 aromatic heterocycles. The van der Waals surface area contributed by atoms with Crippen LogP contribution >= 0.6 is 21.6 Å². The number of hydrogen-bond acceptors (Lipinski definition) is 7. The van der Waals surface area contributed by atoms with E-state index >= 15 is 0 Å². The SMILES string of the molecule is CO[C@H]1CC(=O)[C@@H]2[C@@H]3[C@@H]4CC[C@]5(C[C@@H]6Cc7cccc(c7)N[C@H]7[C@H](O)CCC[C@H]7SSC7(CCCCC7)[C@@H]6C5)[C@]3(C)[C@](C)(C4)[C@@]12O. The van der Waals surface area contributed by atoms with Gasteiger partial charge in [0.15, 0.2) is 0 Å². The Hall–Kier alpha value is -0.730. The first kappa shape index (κ1) is 31.3. The third kappa shape index (κ3) is 3.87. The smallest absolute Gasteiger partial charge is 0.141 e. The van der Waals surface area contributed by atoms with Crippen molar-refractivity contribution in [3.05, 3.63) is 29.8 Å². The molecule has 46 heavy (non-hydrogen) atoms. The Kier molecular flexibility index (Phi) is 7.23. The summed E-state index contributed by atoms with van der Waals surface area (Å²) in [6.07, 6.45) is 16.5. The number of Topliss-reactive ketones (excluding diaryl/α,β-unsaturated/α-hetero) is 1. The van der Waals surface area contributed by atoms with E-state index in [1.54, 1.807) is 7.11 Å². The van der Waals surface area contributed by atoms with Crippen LogP contribution in [0.5, 0.6) is 0 Å². The van der Waals surface area contributed by atoms with Crippen LogP contribution < -0.4 is 5.32 Å². The lowest BCUT2D eigenvalue weighted by atomic mass is 9.48. The van der Waals surface area contributed by atoms with E-state index in [4.69, 9.17) is 4.74 Å². The maximum atomic E-state index is 13.8. The predicted molar refractivity (Wildman–Crippen MR) is 187 cm³/mol. The summed E-state index contributed by atoms with van der Waals surface area (Å²) < 4.78 is 6.25. The van der Waals surface area contributed by atoms with Crippen LogP contribution in [0.1, 0.15) is 109 Å². The van der Waals surface area contributed by atoms with Crippen molar-refractivity contribution in [3.63, 3.8) is 0 Å². The van der Waals surface area contributed by atoms with Crippen molar-refractivity contribution < 1.29 is 19.7 Å². The van der Waals surface area contributed by atoms with Gasteiger partial charge in [-0.1, -0.05) is 66.8 Å². The average molecular weight is 666 g/mol. The van der Waals surface area contributed by atoms with Crippen LogP contribution in [0.4, 0.5) is 5.69 Å². The van der Waals surface area contributed by atoms with Gasteiger partial charge in [0, 0.05) is 34.6 Å². The summed E-state index contributed by atoms with van der Waals surface area (Å²) in [5.74, 6) is 2.03. The third-order valence-corrected chi connectivity index (χ3v) is 20.4. The van der Waals surface area contributed by atoms with Crippen LogP contribution in [0.2, 0.25) is 0 Å². The molecule has 7 heteroatoms. The van der Waals surface area contributed by atoms with Crippen molar-refractivity contribution in [2.75, 3.05) is 12.4 Å². The molecular formula is C39H55NO4S2. The van der Waals surface area contributed by atoms with E-state index in [1.165, 1.54) is 63.4 Å². The van der Waals surface area contributed by atoms with Gasteiger partial charge in [-0.25, -0.2) is 0 Å². The number of anilines is 1. The lowest BCUT2D eigenvalue weighted by molar-refractivity contribution is -0.186. The van der Waals surface area contributed by atoms with E-state index in [0.717, 1.165) is 37.8 Å². The van der Waals surface area contributed by atoms with Crippen molar-refractivity contribution >= 4 is 33.1 Å². The molecule has 0 radical (unpaired) electrons. The number of aliphatic hydroxyl groups excluding tert-OH is 1. The van der Waals surface area contributed by atoms with Gasteiger partial charge in [-0.3, -0.25) is 4.79 Å². The summed E-state index contributed by atoms with van der Waals surface area (Å²) in [6.45, 7) is 4.96. The van der Waals surface area contributed by atoms with E-state index in [0.29, 0.717) is 29.4 Å². The molecule has 1 aromatic carbocycles. The molecule has 5 nitrogen and oxygen atoms in total. The molecule has 7 aliphatic carbocycles. The highest BCUT2D eigenvalue weighted by Crippen LogP contribution is 2.86. The topological polar surface area (TPSA) is 78.8 Å². The second-order valence-electron chi connectivity index (χ2n) is 17.7. The lowest BCUT2D eigenvalue weighted by Crippen LogP contribution is -2.58. The Morgan fingerprint density at radius 3 is 2.59 bits per heavy atom. The van der Waals surface area contributed by atoms with E-state index < -0.39 is 5.60 Å². The first-order chi connectivity index (χ1) is 22.1. The molecule has 7 saturated carbocycles. The molecule has 0 amide bonds. The fourth-order valence-corrected chi connectivity index (χ4v) is 18.8. The predicted octanol–water partition coefficient (Wildman–Crippen LogP) is 7.82. The molecule has 3 N–H and O–H groups in total. The lowest BCUT2D eigenvalue weighted by Gasteiger charge is -2.57. The van der Waals surface area contributed by atoms with E-state index in [-0.39, 0.29) is 56.9 Å². The van der Waals surface area contributed by atoms with Crippen molar-refractivity contribution in [1.82, 2.24) is 0 Å². The van der Waals surface area contributed by atoms with Gasteiger partial charge in [-0.2, -0.15) is 0 Å². The van der Waals surface area contributed by atoms with Gasteiger partial charge in [0.1, 0.15) is 11.4 Å². The number of nitrogens with one attached hydrogen (secondary N) is 1. The molecule has 6 bridgehead atoms. The molecule has 1 heterocycles. The number of carbonyl (C=O) groups excluding carboxylic acids is 1. The van der Waals surface area contributed by atoms with Crippen LogP contribution in [-0.2, 0) is 16.0 Å². The quantitative estimate of drug-likeness (QED) is 0.264. The van der Waals surface area contributed by atoms with Gasteiger partial charge in [-0.15, -0.1) is 0 Å². The molecule has 252 valence electrons. The minimum absolute atomic E-state index is 0.0776. The first-order valence-electron chi connectivity index (χ1n) is 18.8. The van der Waals surface area contributed by atoms with Gasteiger partial charge < -0.3 is 20.3 Å². The normalized spacial score (nSPS) is 52.0. The van der Waals surface area contributed by atoms with Gasteiger partial charge >= 0.3 is 0 Å². The number of ether oxygens (including phenoxy) is 1. The minimum atomic E-state index is -1.05. The summed E-state index contributed by atoms with van der Waals surface area (Å²) in [4.78, 5) is 13.8. The minimum Gasteiger partial charge on any atom is -0.391 e. The van der Waals surface area contributed by atoms with E-state index in [9.17, 15) is 15.0 Å². The average Bonchev–Trinajstić information content (AvgIpc) is 3.65. The Bertz CT molecular complexity index is 1400. The summed E-state index contributed by atoms with van der Waals surface area (Å²) in [7, 11) is 6.07. The molecule has 1 aliphatic heterocycles. The largest absolute Gasteiger partial charge is 0.391 e. The van der Waals surface area contributed by atoms with Crippen molar-refractivity contribution in [2.24, 2.45) is 45.8 Å². The number of fused-ring (bicyclic) bond motifs is 7. The summed E-state index contributed by atoms with van der Waals surface area (Å²) >= 11 is 0. The van der Waals surface area contributed by atoms with Crippen molar-refractivity contribution in [1.29, 1.82) is 0 Å². The van der Waals surface area contributed by atoms with Gasteiger partial charge in [0.05, 0.1) is 24.2 Å². The molecule has 8 aliphatic rings. The van der Waals surface area contributed by atoms with Crippen LogP contribution in [0.15, 0.2) is 24.3 Å². The molecule has 1 aromatic rings. The first-order valence-corrected chi connectivity index (χ1v) is 21.0. The zero-order valence-corrected chi connectivity index (χ0v) is 29.8. The standard InChI is InChI=1S/C39H55NO4S2/c1-35-20-24-13-16-37(36(35,2)32(24)33-29(42)19-31(44-3)39(33,35)43)21-25-17-23-9-7-10-26(18-23)40-34-28(41)11-8-12-30(34)45-46-38(27(25)22-37)14-5-4-6-15-38/h7,9-10,18,24-25,27-28,30-34,40-41,43H,4-6,8,11-17,19-22H2,1-3H3/t24-,25+,27-,28-,30-,31+,32+,33-,34+,35+,36+,37-,39-/m1/s1. The second kappa shape index (κ2) is 10.6. The van der Waals surface area contributed by atoms with E-state index in [1.807, 2.05) is 0 Å². The number of rotatable bonds is 1. The van der Waals surface area contributed by atoms with Crippen LogP contribution in [-0.4, -0.2) is 57.0 Å². The highest BCUT2D eigenvalue weighted by atomic mass is 33.1. The zero-order valence-electron chi connectivity index (χ0n) is 28.1. The zero-order chi connectivity index (χ0) is 31.7. The highest BCUT2D eigenvalue weighted by Gasteiger charge is 2.87. The third-order valence-electron chi connectivity index (χ3n) is 16.4. The second-order valence-corrected chi connectivity index (χ2v) is 20.6. The summed E-state index contributed by atoms with van der Waals surface area (Å²) in [5.41, 5.74) is 1.26. The molecule has 7 fully saturated rings. The maximum absolute atomic E-state index is 13.8. The monoisotopic (exact) mass is 665 g/mol. The summed E-state index contributed by atoms with van der Waals surface area (Å²) in [6, 6.07) is 9.24. The number of ketones is 1. The van der Waals surface area contributed by atoms with Crippen LogP contribution in [0.25, 0.3) is 0 Å². The molecule has 0 unspecified atom stereocenters. The molecule has 0 saturated heterocycles. The fraction of sp³-hybridized carbons (Fsp3) is 0.821. The molecule has 9 rings (SSSR count).